The van der Waals surface area contributed by atoms with Gasteiger partial charge in [0.05, 0.1) is 5.60 Å². The second kappa shape index (κ2) is 6.94. The van der Waals surface area contributed by atoms with Gasteiger partial charge in [-0.2, -0.15) is 7.05 Å². The van der Waals surface area contributed by atoms with Gasteiger partial charge in [-0.3, -0.25) is 4.79 Å². The number of nitrogens with zero attached hydrogens (tertiary/aromatic N) is 1. The molecule has 1 saturated carbocycles. The van der Waals surface area contributed by atoms with Gasteiger partial charge in [-0.25, -0.2) is 0 Å². The highest BCUT2D eigenvalue weighted by molar-refractivity contribution is 5.48. The van der Waals surface area contributed by atoms with Crippen molar-refractivity contribution in [3.05, 3.63) is 17.0 Å². The summed E-state index contributed by atoms with van der Waals surface area (Å²) in [6, 6.07) is 0. The number of fused-ring (bicyclic) bond motifs is 1. The molecule has 0 unspecified atom stereocenters. The molecule has 3 rings (SSSR count). The average Bonchev–Trinajstić information content (AvgIpc) is 2.99. The Labute approximate surface area is 159 Å². The largest absolute Gasteiger partial charge is 0.658 e. The van der Waals surface area contributed by atoms with Gasteiger partial charge in [0.25, 0.3) is 0 Å². The van der Waals surface area contributed by atoms with Crippen molar-refractivity contribution in [1.29, 1.82) is 0 Å². The Morgan fingerprint density at radius 3 is 2.62 bits per heavy atom. The standard InChI is InChI=1S/C22H37N2O2/c1-15-7-8-17-16(13-15)18(9-11-21(17,4)24-14-25)22(5)12-10-19(26-22)20(2,3)23-6/h13-14,16-19H,7-12H2,1-6H3,(H,24,25)/q-1/t16-,17+,18-,19-,21-,22+/m1/s1. The van der Waals surface area contributed by atoms with Crippen molar-refractivity contribution in [2.75, 3.05) is 7.05 Å². The minimum atomic E-state index is -0.127. The van der Waals surface area contributed by atoms with Gasteiger partial charge in [0.1, 0.15) is 0 Å². The van der Waals surface area contributed by atoms with Crippen molar-refractivity contribution in [1.82, 2.24) is 5.32 Å². The third kappa shape index (κ3) is 3.35. The van der Waals surface area contributed by atoms with Crippen LogP contribution in [0.4, 0.5) is 0 Å². The monoisotopic (exact) mass is 361 g/mol. The predicted octanol–water partition coefficient (Wildman–Crippen LogP) is 4.59. The molecular formula is C22H37N2O2-. The number of ether oxygens (including phenoxy) is 1. The lowest BCUT2D eigenvalue weighted by atomic mass is 9.56. The average molecular weight is 362 g/mol. The van der Waals surface area contributed by atoms with Gasteiger partial charge in [0.2, 0.25) is 6.41 Å². The van der Waals surface area contributed by atoms with Crippen LogP contribution in [0.3, 0.4) is 0 Å². The number of carbonyl (C=O) groups is 1. The van der Waals surface area contributed by atoms with Gasteiger partial charge in [0, 0.05) is 11.6 Å². The summed E-state index contributed by atoms with van der Waals surface area (Å²) < 4.78 is 6.74. The second-order valence-corrected chi connectivity index (χ2v) is 9.90. The highest BCUT2D eigenvalue weighted by Gasteiger charge is 2.54. The summed E-state index contributed by atoms with van der Waals surface area (Å²) in [5, 5.41) is 7.74. The van der Waals surface area contributed by atoms with Crippen molar-refractivity contribution >= 4 is 6.41 Å². The maximum absolute atomic E-state index is 11.2. The van der Waals surface area contributed by atoms with E-state index in [2.05, 4.69) is 51.3 Å². The molecule has 1 N–H and O–H groups in total. The number of hydrogen-bond acceptors (Lipinski definition) is 2. The fourth-order valence-corrected chi connectivity index (χ4v) is 5.88. The van der Waals surface area contributed by atoms with Crippen LogP contribution in [0.5, 0.6) is 0 Å². The third-order valence-electron chi connectivity index (χ3n) is 7.90. The minimum absolute atomic E-state index is 0.0908. The van der Waals surface area contributed by atoms with E-state index in [1.54, 1.807) is 0 Å². The summed E-state index contributed by atoms with van der Waals surface area (Å²) >= 11 is 0. The number of hydrogen-bond donors (Lipinski definition) is 1. The highest BCUT2D eigenvalue weighted by atomic mass is 16.5. The van der Waals surface area contributed by atoms with E-state index in [4.69, 9.17) is 4.74 Å². The van der Waals surface area contributed by atoms with Crippen LogP contribution in [0.2, 0.25) is 0 Å². The van der Waals surface area contributed by atoms with Gasteiger partial charge in [-0.1, -0.05) is 25.5 Å². The predicted molar refractivity (Wildman–Crippen MR) is 106 cm³/mol. The summed E-state index contributed by atoms with van der Waals surface area (Å²) in [7, 11) is 1.90. The Balaban J connectivity index is 1.86. The van der Waals surface area contributed by atoms with Crippen molar-refractivity contribution in [2.45, 2.75) is 95.9 Å². The molecule has 6 atom stereocenters. The van der Waals surface area contributed by atoms with Crippen LogP contribution in [0.15, 0.2) is 11.6 Å². The Morgan fingerprint density at radius 2 is 1.96 bits per heavy atom. The number of amides is 1. The van der Waals surface area contributed by atoms with Crippen LogP contribution in [0.25, 0.3) is 5.32 Å². The molecule has 3 aliphatic rings. The van der Waals surface area contributed by atoms with Crippen LogP contribution in [0, 0.1) is 17.8 Å². The molecule has 4 heteroatoms. The fourth-order valence-electron chi connectivity index (χ4n) is 5.88. The number of rotatable bonds is 5. The SMILES string of the molecule is C[N-]C(C)(C)[C@H]1CC[C@@](C)([C@@H]2CC[C@@](C)(NC=O)[C@H]3CCC(C)=C[C@@H]23)O1. The molecule has 0 aromatic carbocycles. The molecular weight excluding hydrogens is 324 g/mol. The quantitative estimate of drug-likeness (QED) is 0.575. The summed E-state index contributed by atoms with van der Waals surface area (Å²) in [4.78, 5) is 11.2. The zero-order valence-electron chi connectivity index (χ0n) is 17.5. The maximum atomic E-state index is 11.2. The fraction of sp³-hybridized carbons (Fsp3) is 0.864. The number of likely N-dealkylation sites (N-methyl/N-ethyl adjacent to an activating group) is 1. The summed E-state index contributed by atoms with van der Waals surface area (Å²) in [5.41, 5.74) is 1.18. The third-order valence-corrected chi connectivity index (χ3v) is 7.90. The van der Waals surface area contributed by atoms with E-state index in [0.717, 1.165) is 44.9 Å². The first kappa shape index (κ1) is 19.9. The molecule has 2 fully saturated rings. The molecule has 0 bridgehead atoms. The maximum Gasteiger partial charge on any atom is 0.207 e. The lowest BCUT2D eigenvalue weighted by Gasteiger charge is -2.54. The van der Waals surface area contributed by atoms with Gasteiger partial charge in [0.15, 0.2) is 0 Å². The van der Waals surface area contributed by atoms with Gasteiger partial charge in [-0.05, 0) is 77.0 Å². The van der Waals surface area contributed by atoms with E-state index in [1.807, 2.05) is 7.05 Å². The Kier molecular flexibility index (Phi) is 5.31. The molecule has 0 radical (unpaired) electrons. The lowest BCUT2D eigenvalue weighted by molar-refractivity contribution is -0.123. The smallest absolute Gasteiger partial charge is 0.207 e. The van der Waals surface area contributed by atoms with E-state index in [-0.39, 0.29) is 22.8 Å². The highest BCUT2D eigenvalue weighted by Crippen LogP contribution is 2.54. The summed E-state index contributed by atoms with van der Waals surface area (Å²) in [5.74, 6) is 1.50. The van der Waals surface area contributed by atoms with Crippen LogP contribution < -0.4 is 5.32 Å². The van der Waals surface area contributed by atoms with Crippen LogP contribution in [-0.2, 0) is 9.53 Å². The van der Waals surface area contributed by atoms with Crippen LogP contribution in [0.1, 0.15) is 73.1 Å². The minimum Gasteiger partial charge on any atom is -0.658 e. The van der Waals surface area contributed by atoms with Crippen molar-refractivity contribution < 1.29 is 9.53 Å². The normalized spacial score (nSPS) is 43.5. The van der Waals surface area contributed by atoms with E-state index < -0.39 is 0 Å². The topological polar surface area (TPSA) is 52.4 Å². The Bertz CT molecular complexity index is 572. The molecule has 0 aromatic rings. The van der Waals surface area contributed by atoms with Crippen LogP contribution in [-0.4, -0.2) is 36.2 Å². The Morgan fingerprint density at radius 1 is 1.23 bits per heavy atom. The Hall–Kier alpha value is -0.870. The molecule has 4 nitrogen and oxygen atoms in total. The van der Waals surface area contributed by atoms with Gasteiger partial charge < -0.3 is 15.4 Å². The van der Waals surface area contributed by atoms with Gasteiger partial charge >= 0.3 is 0 Å². The number of allylic oxidation sites excluding steroid dienone is 2. The molecule has 2 aliphatic carbocycles. The molecule has 148 valence electrons. The molecule has 0 aromatic heterocycles. The first-order valence-electron chi connectivity index (χ1n) is 10.3. The van der Waals surface area contributed by atoms with E-state index in [1.165, 1.54) is 5.57 Å². The zero-order valence-corrected chi connectivity index (χ0v) is 17.5. The van der Waals surface area contributed by atoms with E-state index >= 15 is 0 Å². The van der Waals surface area contributed by atoms with Crippen LogP contribution >= 0.6 is 0 Å². The zero-order chi connectivity index (χ0) is 19.2. The lowest BCUT2D eigenvalue weighted by Crippen LogP contribution is -2.58. The number of carbonyl (C=O) groups excluding carboxylic acids is 1. The molecule has 26 heavy (non-hydrogen) atoms. The molecule has 1 saturated heterocycles. The van der Waals surface area contributed by atoms with Crippen molar-refractivity contribution in [2.24, 2.45) is 17.8 Å². The molecule has 1 heterocycles. The van der Waals surface area contributed by atoms with Crippen molar-refractivity contribution in [3.63, 3.8) is 0 Å². The van der Waals surface area contributed by atoms with E-state index in [9.17, 15) is 4.79 Å². The molecule has 0 spiro atoms. The number of nitrogens with one attached hydrogen (secondary N) is 1. The molecule has 1 amide bonds. The summed E-state index contributed by atoms with van der Waals surface area (Å²) in [6.07, 6.45) is 10.2. The second-order valence-electron chi connectivity index (χ2n) is 9.90. The van der Waals surface area contributed by atoms with Crippen molar-refractivity contribution in [3.8, 4) is 0 Å². The van der Waals surface area contributed by atoms with Gasteiger partial charge in [-0.15, -0.1) is 5.54 Å². The first-order valence-corrected chi connectivity index (χ1v) is 10.3. The first-order chi connectivity index (χ1) is 12.1. The molecule has 1 aliphatic heterocycles. The summed E-state index contributed by atoms with van der Waals surface area (Å²) in [6.45, 7) is 11.2. The van der Waals surface area contributed by atoms with E-state index in [0.29, 0.717) is 17.8 Å².